The molecule has 1 aromatic heterocycles. The fraction of sp³-hybridized carbons (Fsp3) is 0.615. The van der Waals surface area contributed by atoms with E-state index in [4.69, 9.17) is 11.6 Å². The van der Waals surface area contributed by atoms with Gasteiger partial charge in [-0.25, -0.2) is 9.97 Å². The molecule has 1 aliphatic heterocycles. The van der Waals surface area contributed by atoms with Crippen molar-refractivity contribution < 1.29 is 4.79 Å². The molecule has 0 bridgehead atoms. The minimum atomic E-state index is -0.188. The smallest absolute Gasteiger partial charge is 0.271 e. The molecular weight excluding hydrogens is 264 g/mol. The van der Waals surface area contributed by atoms with Crippen LogP contribution >= 0.6 is 11.6 Å². The number of aromatic nitrogens is 2. The van der Waals surface area contributed by atoms with Crippen LogP contribution in [-0.4, -0.2) is 46.5 Å². The molecule has 1 fully saturated rings. The Balaban J connectivity index is 1.80. The van der Waals surface area contributed by atoms with Crippen LogP contribution in [0.5, 0.6) is 0 Å². The maximum atomic E-state index is 11.9. The zero-order valence-corrected chi connectivity index (χ0v) is 12.0. The molecule has 1 aromatic rings. The standard InChI is InChI=1S/C13H19ClN4O/c1-9(2)18-4-3-10(8-18)5-17-13(19)11-6-16-12(14)7-15-11/h6-7,9-10H,3-5,8H2,1-2H3,(H,17,19). The summed E-state index contributed by atoms with van der Waals surface area (Å²) in [5.74, 6) is 0.332. The van der Waals surface area contributed by atoms with E-state index in [-0.39, 0.29) is 5.91 Å². The van der Waals surface area contributed by atoms with Gasteiger partial charge in [0.2, 0.25) is 0 Å². The van der Waals surface area contributed by atoms with E-state index >= 15 is 0 Å². The summed E-state index contributed by atoms with van der Waals surface area (Å²) < 4.78 is 0. The Morgan fingerprint density at radius 2 is 2.32 bits per heavy atom. The molecule has 1 atom stereocenters. The van der Waals surface area contributed by atoms with Crippen LogP contribution in [0, 0.1) is 5.92 Å². The summed E-state index contributed by atoms with van der Waals surface area (Å²) >= 11 is 5.63. The molecule has 1 aliphatic rings. The fourth-order valence-electron chi connectivity index (χ4n) is 2.26. The van der Waals surface area contributed by atoms with Crippen LogP contribution in [0.4, 0.5) is 0 Å². The quantitative estimate of drug-likeness (QED) is 0.911. The Morgan fingerprint density at radius 3 is 2.89 bits per heavy atom. The Kier molecular flexibility index (Phi) is 4.71. The van der Waals surface area contributed by atoms with Crippen molar-refractivity contribution in [3.63, 3.8) is 0 Å². The molecule has 1 saturated heterocycles. The van der Waals surface area contributed by atoms with Crippen LogP contribution in [0.2, 0.25) is 5.15 Å². The summed E-state index contributed by atoms with van der Waals surface area (Å²) in [5.41, 5.74) is 0.308. The molecule has 1 N–H and O–H groups in total. The fourth-order valence-corrected chi connectivity index (χ4v) is 2.35. The predicted molar refractivity (Wildman–Crippen MR) is 74.2 cm³/mol. The highest BCUT2D eigenvalue weighted by molar-refractivity contribution is 6.29. The van der Waals surface area contributed by atoms with Gasteiger partial charge in [0.05, 0.1) is 12.4 Å². The normalized spacial score (nSPS) is 19.9. The van der Waals surface area contributed by atoms with Gasteiger partial charge in [0, 0.05) is 19.1 Å². The number of nitrogens with one attached hydrogen (secondary N) is 1. The number of rotatable bonds is 4. The van der Waals surface area contributed by atoms with E-state index in [2.05, 4.69) is 34.0 Å². The molecule has 1 amide bonds. The lowest BCUT2D eigenvalue weighted by Gasteiger charge is -2.20. The first-order valence-electron chi connectivity index (χ1n) is 6.56. The van der Waals surface area contributed by atoms with Gasteiger partial charge in [-0.2, -0.15) is 0 Å². The molecule has 0 spiro atoms. The largest absolute Gasteiger partial charge is 0.350 e. The van der Waals surface area contributed by atoms with Gasteiger partial charge in [-0.15, -0.1) is 0 Å². The number of hydrogen-bond acceptors (Lipinski definition) is 4. The number of amides is 1. The lowest BCUT2D eigenvalue weighted by atomic mass is 10.1. The summed E-state index contributed by atoms with van der Waals surface area (Å²) in [6.45, 7) is 7.24. The SMILES string of the molecule is CC(C)N1CCC(CNC(=O)c2cnc(Cl)cn2)C1. The second-order valence-corrected chi connectivity index (χ2v) is 5.57. The number of likely N-dealkylation sites (tertiary alicyclic amines) is 1. The molecule has 19 heavy (non-hydrogen) atoms. The summed E-state index contributed by atoms with van der Waals surface area (Å²) in [5, 5.41) is 3.20. The van der Waals surface area contributed by atoms with Crippen molar-refractivity contribution in [1.29, 1.82) is 0 Å². The second-order valence-electron chi connectivity index (χ2n) is 5.18. The van der Waals surface area contributed by atoms with E-state index in [1.807, 2.05) is 0 Å². The number of nitrogens with zero attached hydrogens (tertiary/aromatic N) is 3. The first-order chi connectivity index (χ1) is 9.06. The third-order valence-electron chi connectivity index (χ3n) is 3.45. The van der Waals surface area contributed by atoms with Gasteiger partial charge in [-0.1, -0.05) is 11.6 Å². The van der Waals surface area contributed by atoms with Crippen molar-refractivity contribution >= 4 is 17.5 Å². The molecule has 0 radical (unpaired) electrons. The van der Waals surface area contributed by atoms with Gasteiger partial charge in [0.15, 0.2) is 0 Å². The molecule has 1 unspecified atom stereocenters. The summed E-state index contributed by atoms with van der Waals surface area (Å²) in [7, 11) is 0. The first kappa shape index (κ1) is 14.2. The predicted octanol–water partition coefficient (Wildman–Crippen LogP) is 1.59. The second kappa shape index (κ2) is 6.30. The van der Waals surface area contributed by atoms with Gasteiger partial charge in [-0.05, 0) is 32.7 Å². The third kappa shape index (κ3) is 3.88. The van der Waals surface area contributed by atoms with Crippen molar-refractivity contribution in [3.05, 3.63) is 23.2 Å². The number of hydrogen-bond donors (Lipinski definition) is 1. The number of carbonyl (C=O) groups excluding carboxylic acids is 1. The monoisotopic (exact) mass is 282 g/mol. The summed E-state index contributed by atoms with van der Waals surface area (Å²) in [4.78, 5) is 22.1. The maximum Gasteiger partial charge on any atom is 0.271 e. The number of halogens is 1. The molecule has 6 heteroatoms. The van der Waals surface area contributed by atoms with Crippen LogP contribution in [-0.2, 0) is 0 Å². The molecular formula is C13H19ClN4O. The number of carbonyl (C=O) groups is 1. The molecule has 104 valence electrons. The van der Waals surface area contributed by atoms with Gasteiger partial charge < -0.3 is 10.2 Å². The topological polar surface area (TPSA) is 58.1 Å². The van der Waals surface area contributed by atoms with Crippen molar-refractivity contribution in [2.45, 2.75) is 26.3 Å². The Morgan fingerprint density at radius 1 is 1.53 bits per heavy atom. The lowest BCUT2D eigenvalue weighted by Crippen LogP contribution is -2.33. The van der Waals surface area contributed by atoms with Gasteiger partial charge in [0.1, 0.15) is 10.8 Å². The van der Waals surface area contributed by atoms with Crippen LogP contribution in [0.25, 0.3) is 0 Å². The molecule has 5 nitrogen and oxygen atoms in total. The van der Waals surface area contributed by atoms with Crippen LogP contribution < -0.4 is 5.32 Å². The highest BCUT2D eigenvalue weighted by Gasteiger charge is 2.24. The van der Waals surface area contributed by atoms with Gasteiger partial charge >= 0.3 is 0 Å². The highest BCUT2D eigenvalue weighted by atomic mass is 35.5. The molecule has 0 saturated carbocycles. The van der Waals surface area contributed by atoms with Crippen molar-refractivity contribution in [2.24, 2.45) is 5.92 Å². The zero-order valence-electron chi connectivity index (χ0n) is 11.3. The molecule has 2 heterocycles. The third-order valence-corrected chi connectivity index (χ3v) is 3.65. The van der Waals surface area contributed by atoms with Crippen molar-refractivity contribution in [1.82, 2.24) is 20.2 Å². The lowest BCUT2D eigenvalue weighted by molar-refractivity contribution is 0.0941. The van der Waals surface area contributed by atoms with E-state index in [1.165, 1.54) is 12.4 Å². The van der Waals surface area contributed by atoms with Gasteiger partial charge in [-0.3, -0.25) is 4.79 Å². The first-order valence-corrected chi connectivity index (χ1v) is 6.94. The van der Waals surface area contributed by atoms with Gasteiger partial charge in [0.25, 0.3) is 5.91 Å². The highest BCUT2D eigenvalue weighted by Crippen LogP contribution is 2.17. The van der Waals surface area contributed by atoms with Crippen LogP contribution in [0.15, 0.2) is 12.4 Å². The average molecular weight is 283 g/mol. The molecule has 2 rings (SSSR count). The Bertz CT molecular complexity index is 435. The van der Waals surface area contributed by atoms with Crippen LogP contribution in [0.1, 0.15) is 30.8 Å². The van der Waals surface area contributed by atoms with E-state index in [1.54, 1.807) is 0 Å². The minimum Gasteiger partial charge on any atom is -0.350 e. The Labute approximate surface area is 118 Å². The maximum absolute atomic E-state index is 11.9. The zero-order chi connectivity index (χ0) is 13.8. The van der Waals surface area contributed by atoms with Crippen LogP contribution in [0.3, 0.4) is 0 Å². The van der Waals surface area contributed by atoms with E-state index in [9.17, 15) is 4.79 Å². The van der Waals surface area contributed by atoms with Crippen molar-refractivity contribution in [3.8, 4) is 0 Å². The van der Waals surface area contributed by atoms with E-state index < -0.39 is 0 Å². The Hall–Kier alpha value is -1.20. The summed E-state index contributed by atoms with van der Waals surface area (Å²) in [6.07, 6.45) is 3.91. The van der Waals surface area contributed by atoms with E-state index in [0.717, 1.165) is 19.5 Å². The summed E-state index contributed by atoms with van der Waals surface area (Å²) in [6, 6.07) is 0.572. The average Bonchev–Trinajstić information content (AvgIpc) is 2.86. The molecule has 0 aromatic carbocycles. The van der Waals surface area contributed by atoms with Crippen molar-refractivity contribution in [2.75, 3.05) is 19.6 Å². The molecule has 0 aliphatic carbocycles. The minimum absolute atomic E-state index is 0.188. The van der Waals surface area contributed by atoms with E-state index in [0.29, 0.717) is 29.4 Å².